The second-order valence-electron chi connectivity index (χ2n) is 9.63. The van der Waals surface area contributed by atoms with E-state index < -0.39 is 38.1 Å². The third-order valence-corrected chi connectivity index (χ3v) is 8.78. The number of amides is 1. The number of hydrogen-bond donors (Lipinski definition) is 3. The summed E-state index contributed by atoms with van der Waals surface area (Å²) < 4.78 is 72.4. The molecule has 3 N–H and O–H groups in total. The lowest BCUT2D eigenvalue weighted by Gasteiger charge is -2.14. The third kappa shape index (κ3) is 6.71. The minimum absolute atomic E-state index is 0.0694. The van der Waals surface area contributed by atoms with Crippen LogP contribution in [0.5, 0.6) is 0 Å². The van der Waals surface area contributed by atoms with Crippen LogP contribution in [-0.2, 0) is 14.8 Å². The molecule has 0 aliphatic heterocycles. The zero-order valence-electron chi connectivity index (χ0n) is 23.3. The number of carbonyl (C=O) groups excluding carboxylic acids is 1. The van der Waals surface area contributed by atoms with Gasteiger partial charge in [0.2, 0.25) is 11.9 Å². The molecule has 2 heterocycles. The quantitative estimate of drug-likeness (QED) is 0.169. The van der Waals surface area contributed by atoms with E-state index in [9.17, 15) is 22.0 Å². The Morgan fingerprint density at radius 2 is 1.64 bits per heavy atom. The number of thiazole rings is 1. The van der Waals surface area contributed by atoms with Gasteiger partial charge in [-0.15, -0.1) is 11.3 Å². The molecule has 44 heavy (non-hydrogen) atoms. The number of nitrogens with one attached hydrogen (secondary N) is 3. The van der Waals surface area contributed by atoms with Crippen LogP contribution in [0, 0.1) is 17.5 Å². The molecule has 9 nitrogen and oxygen atoms in total. The Morgan fingerprint density at radius 3 is 2.34 bits per heavy atom. The normalized spacial score (nSPS) is 12.0. The zero-order chi connectivity index (χ0) is 31.4. The molecule has 0 spiro atoms. The van der Waals surface area contributed by atoms with Crippen LogP contribution in [0.2, 0.25) is 0 Å². The lowest BCUT2D eigenvalue weighted by Crippen LogP contribution is -2.36. The third-order valence-electron chi connectivity index (χ3n) is 6.24. The maximum absolute atomic E-state index is 16.1. The fourth-order valence-corrected chi connectivity index (χ4v) is 6.58. The highest BCUT2D eigenvalue weighted by Crippen LogP contribution is 2.42. The van der Waals surface area contributed by atoms with E-state index in [1.54, 1.807) is 6.07 Å². The molecule has 226 valence electrons. The number of sulfonamides is 1. The Hall–Kier alpha value is -4.82. The second-order valence-corrected chi connectivity index (χ2v) is 12.3. The van der Waals surface area contributed by atoms with E-state index in [1.165, 1.54) is 36.6 Å². The lowest BCUT2D eigenvalue weighted by atomic mass is 10.1. The van der Waals surface area contributed by atoms with Crippen LogP contribution in [-0.4, -0.2) is 41.9 Å². The number of carbonyl (C=O) groups is 1. The van der Waals surface area contributed by atoms with Gasteiger partial charge in [0, 0.05) is 36.8 Å². The summed E-state index contributed by atoms with van der Waals surface area (Å²) in [6.07, 6.45) is 1.52. The summed E-state index contributed by atoms with van der Waals surface area (Å²) in [6, 6.07) is 17.2. The molecule has 0 aliphatic carbocycles. The van der Waals surface area contributed by atoms with Crippen molar-refractivity contribution in [3.63, 3.8) is 0 Å². The Morgan fingerprint density at radius 1 is 0.932 bits per heavy atom. The molecule has 2 aromatic heterocycles. The number of rotatable bonds is 10. The largest absolute Gasteiger partial charge is 0.352 e. The summed E-state index contributed by atoms with van der Waals surface area (Å²) in [5.41, 5.74) is 0.736. The maximum Gasteiger partial charge on any atom is 0.267 e. The van der Waals surface area contributed by atoms with Crippen molar-refractivity contribution in [3.8, 4) is 32.4 Å². The smallest absolute Gasteiger partial charge is 0.267 e. The van der Waals surface area contributed by atoms with Crippen molar-refractivity contribution in [1.29, 1.82) is 0 Å². The number of nitrogens with zero attached hydrogens (tertiary/aromatic N) is 3. The highest BCUT2D eigenvalue weighted by Gasteiger charge is 2.27. The van der Waals surface area contributed by atoms with Crippen LogP contribution >= 0.6 is 11.3 Å². The average Bonchev–Trinajstić information content (AvgIpc) is 3.43. The van der Waals surface area contributed by atoms with Crippen LogP contribution in [0.15, 0.2) is 83.9 Å². The van der Waals surface area contributed by atoms with Gasteiger partial charge in [-0.25, -0.2) is 36.5 Å². The molecule has 5 aromatic rings. The molecule has 0 unspecified atom stereocenters. The molecule has 0 bridgehead atoms. The Kier molecular flexibility index (Phi) is 8.92. The average molecular weight is 639 g/mol. The molecule has 14 heteroatoms. The van der Waals surface area contributed by atoms with Crippen molar-refractivity contribution in [2.45, 2.75) is 24.8 Å². The first-order valence-corrected chi connectivity index (χ1v) is 15.5. The summed E-state index contributed by atoms with van der Waals surface area (Å²) in [7, 11) is -4.84. The summed E-state index contributed by atoms with van der Waals surface area (Å²) in [4.78, 5) is 24.1. The maximum atomic E-state index is 16.1. The standard InChI is InChI=1S/C30H25F3N6O3S2/c1-17(36-18(2)40)16-35-30-34-15-14-24(37-30)27-26(38-29(43-27)19-8-4-3-5-9-19)20-10-6-13-23(25(20)33)39-44(41,42)28-21(31)11-7-12-22(28)32/h3-15,17,39H,16H2,1-2H3,(H,36,40)(H,34,35,37)/t17-/m0/s1. The second kappa shape index (κ2) is 12.8. The fraction of sp³-hybridized carbons (Fsp3) is 0.133. The number of hydrogen-bond acceptors (Lipinski definition) is 8. The van der Waals surface area contributed by atoms with Crippen molar-refractivity contribution in [3.05, 3.63) is 96.4 Å². The van der Waals surface area contributed by atoms with Crippen molar-refractivity contribution in [1.82, 2.24) is 20.3 Å². The van der Waals surface area contributed by atoms with Gasteiger partial charge in [-0.1, -0.05) is 42.5 Å². The van der Waals surface area contributed by atoms with Crippen molar-refractivity contribution in [2.24, 2.45) is 0 Å². The number of aromatic nitrogens is 3. The topological polar surface area (TPSA) is 126 Å². The molecular weight excluding hydrogens is 613 g/mol. The van der Waals surface area contributed by atoms with E-state index in [0.717, 1.165) is 29.8 Å². The summed E-state index contributed by atoms with van der Waals surface area (Å²) in [5, 5.41) is 6.37. The molecule has 0 radical (unpaired) electrons. The Bertz CT molecular complexity index is 1920. The van der Waals surface area contributed by atoms with Gasteiger partial charge >= 0.3 is 0 Å². The molecule has 0 fully saturated rings. The molecule has 0 aliphatic rings. The Balaban J connectivity index is 1.56. The Labute approximate surface area is 255 Å². The van der Waals surface area contributed by atoms with Crippen LogP contribution in [0.4, 0.5) is 24.8 Å². The zero-order valence-corrected chi connectivity index (χ0v) is 24.9. The predicted molar refractivity (Wildman–Crippen MR) is 163 cm³/mol. The van der Waals surface area contributed by atoms with Crippen molar-refractivity contribution >= 4 is 38.9 Å². The van der Waals surface area contributed by atoms with Crippen LogP contribution in [0.3, 0.4) is 0 Å². The molecule has 1 atom stereocenters. The summed E-state index contributed by atoms with van der Waals surface area (Å²) in [6.45, 7) is 3.57. The van der Waals surface area contributed by atoms with E-state index in [0.29, 0.717) is 22.1 Å². The minimum Gasteiger partial charge on any atom is -0.352 e. The van der Waals surface area contributed by atoms with Crippen LogP contribution < -0.4 is 15.4 Å². The number of benzene rings is 3. The number of halogens is 3. The first-order chi connectivity index (χ1) is 21.0. The van der Waals surface area contributed by atoms with E-state index >= 15 is 4.39 Å². The molecule has 0 saturated heterocycles. The van der Waals surface area contributed by atoms with Crippen molar-refractivity contribution < 1.29 is 26.4 Å². The monoisotopic (exact) mass is 638 g/mol. The van der Waals surface area contributed by atoms with Gasteiger partial charge < -0.3 is 10.6 Å². The highest BCUT2D eigenvalue weighted by molar-refractivity contribution is 7.92. The number of anilines is 2. The van der Waals surface area contributed by atoms with Crippen LogP contribution in [0.25, 0.3) is 32.4 Å². The molecule has 1 amide bonds. The van der Waals surface area contributed by atoms with E-state index in [2.05, 4.69) is 20.6 Å². The van der Waals surface area contributed by atoms with Crippen molar-refractivity contribution in [2.75, 3.05) is 16.6 Å². The highest BCUT2D eigenvalue weighted by atomic mass is 32.2. The fourth-order valence-electron chi connectivity index (χ4n) is 4.32. The van der Waals surface area contributed by atoms with Crippen LogP contribution in [0.1, 0.15) is 13.8 Å². The van der Waals surface area contributed by atoms with Gasteiger partial charge in [0.05, 0.1) is 22.0 Å². The van der Waals surface area contributed by atoms with Gasteiger partial charge in [0.15, 0.2) is 10.7 Å². The van der Waals surface area contributed by atoms with E-state index in [4.69, 9.17) is 4.98 Å². The molecule has 0 saturated carbocycles. The first kappa shape index (κ1) is 30.6. The summed E-state index contributed by atoms with van der Waals surface area (Å²) in [5.74, 6) is -3.56. The lowest BCUT2D eigenvalue weighted by molar-refractivity contribution is -0.119. The predicted octanol–water partition coefficient (Wildman–Crippen LogP) is 6.09. The summed E-state index contributed by atoms with van der Waals surface area (Å²) >= 11 is 1.24. The molecular formula is C30H25F3N6O3S2. The van der Waals surface area contributed by atoms with Gasteiger partial charge in [0.1, 0.15) is 16.6 Å². The first-order valence-electron chi connectivity index (χ1n) is 13.2. The molecule has 5 rings (SSSR count). The van der Waals surface area contributed by atoms with Gasteiger partial charge in [0.25, 0.3) is 10.0 Å². The van der Waals surface area contributed by atoms with Gasteiger partial charge in [-0.2, -0.15) is 0 Å². The SMILES string of the molecule is CC(=O)N[C@@H](C)CNc1nccc(-c2sc(-c3ccccc3)nc2-c2cccc(NS(=O)(=O)c3c(F)cccc3F)c2F)n1. The van der Waals surface area contributed by atoms with Gasteiger partial charge in [-0.3, -0.25) is 9.52 Å². The minimum atomic E-state index is -4.84. The van der Waals surface area contributed by atoms with E-state index in [-0.39, 0.29) is 29.2 Å². The molecule has 3 aromatic carbocycles. The van der Waals surface area contributed by atoms with E-state index in [1.807, 2.05) is 42.0 Å². The van der Waals surface area contributed by atoms with Gasteiger partial charge in [-0.05, 0) is 37.3 Å².